The molecule has 0 saturated heterocycles. The Labute approximate surface area is 232 Å². The average molecular weight is 714 g/mol. The zero-order valence-electron chi connectivity index (χ0n) is 19.4. The topological polar surface area (TPSA) is 70.5 Å². The summed E-state index contributed by atoms with van der Waals surface area (Å²) in [6.45, 7) is 7.24. The van der Waals surface area contributed by atoms with Crippen LogP contribution in [0.5, 0.6) is 11.5 Å². The van der Waals surface area contributed by atoms with Crippen molar-refractivity contribution < 1.29 is 9.47 Å². The minimum absolute atomic E-state index is 0.241. The second-order valence-corrected chi connectivity index (χ2v) is 12.0. The minimum atomic E-state index is -0.241. The van der Waals surface area contributed by atoms with E-state index < -0.39 is 0 Å². The Balaban J connectivity index is 2.18. The Hall–Kier alpha value is -0.120. The van der Waals surface area contributed by atoms with Crippen LogP contribution >= 0.6 is 63.7 Å². The van der Waals surface area contributed by atoms with Crippen LogP contribution in [-0.4, -0.2) is 26.3 Å². The number of rotatable bonds is 14. The van der Waals surface area contributed by atoms with E-state index in [4.69, 9.17) is 20.9 Å². The molecule has 2 aromatic rings. The van der Waals surface area contributed by atoms with Gasteiger partial charge in [-0.3, -0.25) is 0 Å². The van der Waals surface area contributed by atoms with Gasteiger partial charge < -0.3 is 20.9 Å². The second-order valence-electron chi connectivity index (χ2n) is 8.56. The molecule has 0 fully saturated rings. The Morgan fingerprint density at radius 3 is 1.24 bits per heavy atom. The number of halogens is 4. The van der Waals surface area contributed by atoms with Crippen LogP contribution < -0.4 is 20.9 Å². The Bertz CT molecular complexity index is 788. The highest BCUT2D eigenvalue weighted by Crippen LogP contribution is 2.44. The first-order valence-electron chi connectivity index (χ1n) is 11.4. The lowest BCUT2D eigenvalue weighted by atomic mass is 9.78. The molecule has 0 spiro atoms. The normalized spacial score (nSPS) is 11.6. The molecule has 4 N–H and O–H groups in total. The highest BCUT2D eigenvalue weighted by atomic mass is 79.9. The third-order valence-corrected chi connectivity index (χ3v) is 7.99. The molecule has 0 saturated carbocycles. The van der Waals surface area contributed by atoms with Crippen molar-refractivity contribution in [2.24, 2.45) is 11.5 Å². The summed E-state index contributed by atoms with van der Waals surface area (Å²) in [7, 11) is 0. The molecule has 0 unspecified atom stereocenters. The van der Waals surface area contributed by atoms with Gasteiger partial charge in [-0.15, -0.1) is 0 Å². The van der Waals surface area contributed by atoms with Gasteiger partial charge in [-0.05, 0) is 151 Å². The summed E-state index contributed by atoms with van der Waals surface area (Å²) in [4.78, 5) is 0. The average Bonchev–Trinajstić information content (AvgIpc) is 2.76. The molecule has 0 aliphatic rings. The maximum absolute atomic E-state index is 6.03. The molecule has 184 valence electrons. The number of ether oxygens (including phenoxy) is 2. The van der Waals surface area contributed by atoms with Gasteiger partial charge in [-0.1, -0.05) is 13.8 Å². The monoisotopic (exact) mass is 710 g/mol. The van der Waals surface area contributed by atoms with Gasteiger partial charge in [-0.25, -0.2) is 0 Å². The lowest BCUT2D eigenvalue weighted by Crippen LogP contribution is -2.19. The molecule has 4 nitrogen and oxygen atoms in total. The van der Waals surface area contributed by atoms with E-state index >= 15 is 0 Å². The third kappa shape index (κ3) is 8.50. The van der Waals surface area contributed by atoms with Crippen molar-refractivity contribution in [2.75, 3.05) is 26.3 Å². The van der Waals surface area contributed by atoms with E-state index in [2.05, 4.69) is 102 Å². The van der Waals surface area contributed by atoms with Crippen LogP contribution in [0, 0.1) is 0 Å². The molecule has 33 heavy (non-hydrogen) atoms. The molecule has 2 aromatic carbocycles. The fraction of sp³-hybridized carbons (Fsp3) is 0.520. The number of hydrogen-bond donors (Lipinski definition) is 2. The molecular formula is C25H34Br4N2O2. The number of benzene rings is 2. The Morgan fingerprint density at radius 1 is 0.606 bits per heavy atom. The summed E-state index contributed by atoms with van der Waals surface area (Å²) in [5.74, 6) is 1.67. The first-order chi connectivity index (χ1) is 15.7. The maximum Gasteiger partial charge on any atom is 0.147 e. The van der Waals surface area contributed by atoms with Gasteiger partial charge in [0.25, 0.3) is 0 Å². The van der Waals surface area contributed by atoms with Crippen LogP contribution in [0.15, 0.2) is 42.2 Å². The predicted molar refractivity (Wildman–Crippen MR) is 153 cm³/mol. The zero-order valence-corrected chi connectivity index (χ0v) is 25.7. The van der Waals surface area contributed by atoms with Crippen molar-refractivity contribution in [1.82, 2.24) is 0 Å². The first-order valence-corrected chi connectivity index (χ1v) is 14.5. The van der Waals surface area contributed by atoms with Crippen LogP contribution in [0.1, 0.15) is 63.5 Å². The van der Waals surface area contributed by atoms with Gasteiger partial charge >= 0.3 is 0 Å². The number of nitrogens with two attached hydrogens (primary N) is 2. The standard InChI is InChI=1S/C25H34Br4N2O2/c1-25(2,17-13-19(26)23(20(27)14-17)32-11-7-3-5-9-30)18-15-21(28)24(22(29)16-18)33-12-8-4-6-10-31/h13-16H,3-12,30-31H2,1-2H3. The van der Waals surface area contributed by atoms with E-state index in [9.17, 15) is 0 Å². The smallest absolute Gasteiger partial charge is 0.147 e. The molecule has 0 atom stereocenters. The van der Waals surface area contributed by atoms with Gasteiger partial charge in [0, 0.05) is 5.41 Å². The van der Waals surface area contributed by atoms with Crippen LogP contribution in [0.3, 0.4) is 0 Å². The van der Waals surface area contributed by atoms with Crippen molar-refractivity contribution in [2.45, 2.75) is 57.8 Å². The molecule has 0 aliphatic carbocycles. The molecule has 0 aliphatic heterocycles. The molecular weight excluding hydrogens is 680 g/mol. The molecule has 0 bridgehead atoms. The van der Waals surface area contributed by atoms with Gasteiger partial charge in [0.2, 0.25) is 0 Å². The van der Waals surface area contributed by atoms with Crippen molar-refractivity contribution in [1.29, 1.82) is 0 Å². The number of unbranched alkanes of at least 4 members (excludes halogenated alkanes) is 4. The van der Waals surface area contributed by atoms with Gasteiger partial charge in [0.1, 0.15) is 11.5 Å². The van der Waals surface area contributed by atoms with E-state index in [1.54, 1.807) is 0 Å². The minimum Gasteiger partial charge on any atom is -0.491 e. The maximum atomic E-state index is 6.03. The summed E-state index contributed by atoms with van der Waals surface area (Å²) < 4.78 is 15.8. The van der Waals surface area contributed by atoms with Crippen LogP contribution in [0.2, 0.25) is 0 Å². The SMILES string of the molecule is CC(C)(c1cc(Br)c(OCCCCCN)c(Br)c1)c1cc(Br)c(OCCCCCN)c(Br)c1. The highest BCUT2D eigenvalue weighted by Gasteiger charge is 2.27. The largest absolute Gasteiger partial charge is 0.491 e. The summed E-state index contributed by atoms with van der Waals surface area (Å²) in [5.41, 5.74) is 13.2. The van der Waals surface area contributed by atoms with Crippen LogP contribution in [-0.2, 0) is 5.41 Å². The fourth-order valence-corrected chi connectivity index (χ4v) is 6.31. The predicted octanol–water partition coefficient (Wildman–Crippen LogP) is 8.08. The molecule has 0 heterocycles. The fourth-order valence-electron chi connectivity index (χ4n) is 3.48. The summed E-state index contributed by atoms with van der Waals surface area (Å²) in [5, 5.41) is 0. The quantitative estimate of drug-likeness (QED) is 0.194. The van der Waals surface area contributed by atoms with Crippen molar-refractivity contribution in [3.05, 3.63) is 53.3 Å². The van der Waals surface area contributed by atoms with E-state index in [0.717, 1.165) is 81.0 Å². The van der Waals surface area contributed by atoms with Crippen molar-refractivity contribution >= 4 is 63.7 Å². The van der Waals surface area contributed by atoms with Crippen molar-refractivity contribution in [3.63, 3.8) is 0 Å². The number of hydrogen-bond acceptors (Lipinski definition) is 4. The molecule has 2 rings (SSSR count). The summed E-state index contributed by atoms with van der Waals surface area (Å²) >= 11 is 14.8. The van der Waals surface area contributed by atoms with E-state index in [-0.39, 0.29) is 5.41 Å². The van der Waals surface area contributed by atoms with Gasteiger partial charge in [-0.2, -0.15) is 0 Å². The summed E-state index contributed by atoms with van der Waals surface area (Å²) in [6, 6.07) is 8.57. The molecule has 0 radical (unpaired) electrons. The van der Waals surface area contributed by atoms with Gasteiger partial charge in [0.15, 0.2) is 0 Å². The third-order valence-electron chi connectivity index (χ3n) is 5.63. The van der Waals surface area contributed by atoms with Crippen molar-refractivity contribution in [3.8, 4) is 11.5 Å². The van der Waals surface area contributed by atoms with Gasteiger partial charge in [0.05, 0.1) is 31.1 Å². The van der Waals surface area contributed by atoms with E-state index in [1.165, 1.54) is 11.1 Å². The highest BCUT2D eigenvalue weighted by molar-refractivity contribution is 9.11. The van der Waals surface area contributed by atoms with E-state index in [0.29, 0.717) is 13.2 Å². The molecule has 8 heteroatoms. The van der Waals surface area contributed by atoms with E-state index in [1.807, 2.05) is 0 Å². The lowest BCUT2D eigenvalue weighted by Gasteiger charge is -2.28. The Kier molecular flexibility index (Phi) is 12.7. The first kappa shape index (κ1) is 29.1. The zero-order chi connectivity index (χ0) is 24.4. The van der Waals surface area contributed by atoms with Crippen LogP contribution in [0.25, 0.3) is 0 Å². The molecule has 0 aromatic heterocycles. The lowest BCUT2D eigenvalue weighted by molar-refractivity contribution is 0.301. The second kappa shape index (κ2) is 14.4. The molecule has 0 amide bonds. The summed E-state index contributed by atoms with van der Waals surface area (Å²) in [6.07, 6.45) is 6.20. The van der Waals surface area contributed by atoms with Crippen LogP contribution in [0.4, 0.5) is 0 Å². The Morgan fingerprint density at radius 2 is 0.939 bits per heavy atom.